The van der Waals surface area contributed by atoms with E-state index < -0.39 is 0 Å². The lowest BCUT2D eigenvalue weighted by Gasteiger charge is -2.38. The summed E-state index contributed by atoms with van der Waals surface area (Å²) in [5.74, 6) is 0. The molecule has 0 bridgehead atoms. The van der Waals surface area contributed by atoms with E-state index in [1.54, 1.807) is 30.9 Å². The Kier molecular flexibility index (Phi) is 7.19. The summed E-state index contributed by atoms with van der Waals surface area (Å²) in [6.07, 6.45) is 3.13. The molecule has 0 aliphatic carbocycles. The first-order chi connectivity index (χ1) is 16.0. The Bertz CT molecular complexity index is 1330. The van der Waals surface area contributed by atoms with Gasteiger partial charge in [0.05, 0.1) is 34.2 Å². The maximum Gasteiger partial charge on any atom is 0.250 e. The topological polar surface area (TPSA) is 90.6 Å². The van der Waals surface area contributed by atoms with Crippen LogP contribution in [0.15, 0.2) is 58.5 Å². The maximum absolute atomic E-state index is 12.1. The Balaban J connectivity index is 0.00000149. The highest BCUT2D eigenvalue weighted by molar-refractivity contribution is 6.11. The average molecular weight is 443 g/mol. The lowest BCUT2D eigenvalue weighted by Crippen LogP contribution is -2.37. The quantitative estimate of drug-likeness (QED) is 0.619. The van der Waals surface area contributed by atoms with Gasteiger partial charge in [-0.2, -0.15) is 5.26 Å². The molecule has 0 saturated carbocycles. The van der Waals surface area contributed by atoms with Gasteiger partial charge in [-0.25, -0.2) is 0 Å². The van der Waals surface area contributed by atoms with Crippen LogP contribution >= 0.6 is 0 Å². The van der Waals surface area contributed by atoms with Gasteiger partial charge in [0.25, 0.3) is 5.56 Å². The van der Waals surface area contributed by atoms with Gasteiger partial charge in [0, 0.05) is 69.2 Å². The fourth-order valence-electron chi connectivity index (χ4n) is 4.14. The predicted molar refractivity (Wildman–Crippen MR) is 139 cm³/mol. The molecule has 33 heavy (non-hydrogen) atoms. The fourth-order valence-corrected chi connectivity index (χ4v) is 4.14. The molecule has 0 spiro atoms. The molecule has 0 atom stereocenters. The number of aliphatic imine (C=N–C) groups is 1. The van der Waals surface area contributed by atoms with Gasteiger partial charge < -0.3 is 20.1 Å². The van der Waals surface area contributed by atoms with Crippen molar-refractivity contribution >= 4 is 39.8 Å². The molecule has 2 N–H and O–H groups in total. The number of nitrogens with two attached hydrogens (primary N) is 1. The van der Waals surface area contributed by atoms with Crippen molar-refractivity contribution in [3.05, 3.63) is 70.1 Å². The van der Waals surface area contributed by atoms with Crippen LogP contribution < -0.4 is 21.1 Å². The van der Waals surface area contributed by atoms with Crippen molar-refractivity contribution in [1.29, 1.82) is 5.26 Å². The third-order valence-electron chi connectivity index (χ3n) is 5.79. The molecule has 4 rings (SSSR count). The second-order valence-electron chi connectivity index (χ2n) is 7.52. The summed E-state index contributed by atoms with van der Waals surface area (Å²) in [5.41, 5.74) is 11.6. The van der Waals surface area contributed by atoms with E-state index in [9.17, 15) is 10.1 Å². The van der Waals surface area contributed by atoms with Gasteiger partial charge in [0.2, 0.25) is 0 Å². The van der Waals surface area contributed by atoms with Crippen LogP contribution in [0.1, 0.15) is 25.0 Å². The van der Waals surface area contributed by atoms with E-state index in [4.69, 9.17) is 5.73 Å². The zero-order valence-corrected chi connectivity index (χ0v) is 19.8. The van der Waals surface area contributed by atoms with Gasteiger partial charge in [0.15, 0.2) is 0 Å². The maximum atomic E-state index is 12.1. The number of aromatic nitrogens is 1. The summed E-state index contributed by atoms with van der Waals surface area (Å²) in [6.45, 7) is 5.57. The molecule has 0 saturated heterocycles. The van der Waals surface area contributed by atoms with E-state index in [0.717, 1.165) is 46.6 Å². The molecule has 7 nitrogen and oxygen atoms in total. The molecule has 2 aromatic carbocycles. The second kappa shape index (κ2) is 10.0. The SMILES string of the molecule is CC.CN=C/C(=C\N)c1cc2c(cc1C#N)N(c1cccc3c1ccc(=O)n3C)CCN2C. The van der Waals surface area contributed by atoms with Crippen molar-refractivity contribution in [2.24, 2.45) is 17.8 Å². The Morgan fingerprint density at radius 1 is 1.09 bits per heavy atom. The fraction of sp³-hybridized carbons (Fsp3) is 0.269. The predicted octanol–water partition coefficient (Wildman–Crippen LogP) is 4.02. The van der Waals surface area contributed by atoms with Gasteiger partial charge in [-0.05, 0) is 30.3 Å². The first-order valence-electron chi connectivity index (χ1n) is 11.0. The number of fused-ring (bicyclic) bond motifs is 2. The minimum absolute atomic E-state index is 0.0430. The molecule has 0 radical (unpaired) electrons. The van der Waals surface area contributed by atoms with Crippen LogP contribution in [-0.2, 0) is 7.05 Å². The van der Waals surface area contributed by atoms with Crippen LogP contribution in [0, 0.1) is 11.3 Å². The molecule has 1 aliphatic rings. The number of hydrogen-bond acceptors (Lipinski definition) is 6. The summed E-state index contributed by atoms with van der Waals surface area (Å²) >= 11 is 0. The highest BCUT2D eigenvalue weighted by Gasteiger charge is 2.25. The number of likely N-dealkylation sites (N-methyl/N-ethyl adjacent to an activating group) is 1. The lowest BCUT2D eigenvalue weighted by molar-refractivity contribution is 0.822. The number of allylic oxidation sites excluding steroid dienone is 1. The van der Waals surface area contributed by atoms with Crippen molar-refractivity contribution < 1.29 is 0 Å². The number of anilines is 3. The highest BCUT2D eigenvalue weighted by Crippen LogP contribution is 2.42. The van der Waals surface area contributed by atoms with Crippen LogP contribution in [0.25, 0.3) is 16.5 Å². The van der Waals surface area contributed by atoms with Gasteiger partial charge >= 0.3 is 0 Å². The van der Waals surface area contributed by atoms with Crippen LogP contribution in [-0.4, -0.2) is 38.0 Å². The van der Waals surface area contributed by atoms with Crippen LogP contribution in [0.4, 0.5) is 17.1 Å². The van der Waals surface area contributed by atoms with Crippen LogP contribution in [0.3, 0.4) is 0 Å². The van der Waals surface area contributed by atoms with Crippen LogP contribution in [0.5, 0.6) is 0 Å². The standard InChI is InChI=1S/C24H24N6O.C2H6/c1-27-15-17(14-26)19-12-22-23(11-16(19)13-25)30(10-9-28(22)2)21-6-4-5-20-18(21)7-8-24(31)29(20)3;1-2/h4-8,11-12,14-15H,9-10,26H2,1-3H3;1-2H3/b17-14+,27-15?;. The summed E-state index contributed by atoms with van der Waals surface area (Å²) in [5, 5.41) is 10.9. The van der Waals surface area contributed by atoms with E-state index in [-0.39, 0.29) is 5.56 Å². The summed E-state index contributed by atoms with van der Waals surface area (Å²) in [7, 11) is 5.50. The first-order valence-corrected chi connectivity index (χ1v) is 11.0. The summed E-state index contributed by atoms with van der Waals surface area (Å²) in [6, 6.07) is 15.6. The van der Waals surface area contributed by atoms with E-state index in [2.05, 4.69) is 26.9 Å². The number of rotatable bonds is 3. The number of nitriles is 1. The van der Waals surface area contributed by atoms with Crippen molar-refractivity contribution in [3.63, 3.8) is 0 Å². The zero-order valence-electron chi connectivity index (χ0n) is 19.8. The van der Waals surface area contributed by atoms with Crippen molar-refractivity contribution in [2.45, 2.75) is 13.8 Å². The molecule has 0 unspecified atom stereocenters. The summed E-state index contributed by atoms with van der Waals surface area (Å²) in [4.78, 5) is 20.6. The Hall–Kier alpha value is -4.05. The normalized spacial score (nSPS) is 13.5. The number of hydrogen-bond donors (Lipinski definition) is 1. The van der Waals surface area contributed by atoms with Gasteiger partial charge in [-0.1, -0.05) is 19.9 Å². The van der Waals surface area contributed by atoms with E-state index in [1.807, 2.05) is 51.2 Å². The molecule has 1 aromatic heterocycles. The minimum Gasteiger partial charge on any atom is -0.404 e. The molecule has 2 heterocycles. The third kappa shape index (κ3) is 4.20. The summed E-state index contributed by atoms with van der Waals surface area (Å²) < 4.78 is 1.65. The first kappa shape index (κ1) is 23.6. The monoisotopic (exact) mass is 442 g/mol. The smallest absolute Gasteiger partial charge is 0.250 e. The number of pyridine rings is 1. The van der Waals surface area contributed by atoms with Crippen molar-refractivity contribution in [1.82, 2.24) is 4.57 Å². The zero-order chi connectivity index (χ0) is 24.1. The molecule has 170 valence electrons. The van der Waals surface area contributed by atoms with Crippen molar-refractivity contribution in [2.75, 3.05) is 37.0 Å². The van der Waals surface area contributed by atoms with Crippen molar-refractivity contribution in [3.8, 4) is 6.07 Å². The number of aryl methyl sites for hydroxylation is 1. The number of benzene rings is 2. The largest absolute Gasteiger partial charge is 0.404 e. The molecule has 0 fully saturated rings. The Morgan fingerprint density at radius 3 is 2.52 bits per heavy atom. The molecule has 1 aliphatic heterocycles. The van der Waals surface area contributed by atoms with Gasteiger partial charge in [-0.15, -0.1) is 0 Å². The molecule has 0 amide bonds. The van der Waals surface area contributed by atoms with Gasteiger partial charge in [-0.3, -0.25) is 9.79 Å². The Morgan fingerprint density at radius 2 is 1.85 bits per heavy atom. The molecule has 3 aromatic rings. The lowest BCUT2D eigenvalue weighted by atomic mass is 9.97. The Labute approximate surface area is 194 Å². The second-order valence-corrected chi connectivity index (χ2v) is 7.52. The van der Waals surface area contributed by atoms with E-state index >= 15 is 0 Å². The van der Waals surface area contributed by atoms with E-state index in [1.165, 1.54) is 6.20 Å². The minimum atomic E-state index is -0.0430. The van der Waals surface area contributed by atoms with Crippen LogP contribution in [0.2, 0.25) is 0 Å². The van der Waals surface area contributed by atoms with E-state index in [0.29, 0.717) is 11.1 Å². The third-order valence-corrected chi connectivity index (χ3v) is 5.79. The highest BCUT2D eigenvalue weighted by atomic mass is 16.1. The molecule has 7 heteroatoms. The number of nitrogens with zero attached hydrogens (tertiary/aromatic N) is 5. The molecular weight excluding hydrogens is 412 g/mol. The van der Waals surface area contributed by atoms with Gasteiger partial charge in [0.1, 0.15) is 0 Å². The molecular formula is C26H30N6O. The average Bonchev–Trinajstić information content (AvgIpc) is 2.85.